The van der Waals surface area contributed by atoms with Gasteiger partial charge in [-0.15, -0.1) is 0 Å². The lowest BCUT2D eigenvalue weighted by molar-refractivity contribution is -0.117. The smallest absolute Gasteiger partial charge is 0.247 e. The van der Waals surface area contributed by atoms with Crippen LogP contribution in [-0.2, 0) is 21.2 Å². The maximum absolute atomic E-state index is 12.8. The van der Waals surface area contributed by atoms with E-state index in [1.165, 1.54) is 18.2 Å². The van der Waals surface area contributed by atoms with Crippen LogP contribution < -0.4 is 9.21 Å². The van der Waals surface area contributed by atoms with Crippen molar-refractivity contribution in [3.05, 3.63) is 58.1 Å². The molecule has 0 bridgehead atoms. The minimum Gasteiger partial charge on any atom is -0.310 e. The van der Waals surface area contributed by atoms with Gasteiger partial charge in [-0.05, 0) is 36.2 Å². The number of hydrogen-bond donors (Lipinski definition) is 0. The highest BCUT2D eigenvalue weighted by Gasteiger charge is 2.29. The molecule has 0 saturated carbocycles. The molecule has 0 atom stereocenters. The molecule has 1 heterocycles. The summed E-state index contributed by atoms with van der Waals surface area (Å²) in [5.41, 5.74) is 2.13. The molecule has 0 aliphatic carbocycles. The Hall–Kier alpha value is -1.76. The van der Waals surface area contributed by atoms with Crippen LogP contribution in [0.4, 0.5) is 11.4 Å². The number of benzene rings is 2. The van der Waals surface area contributed by atoms with Gasteiger partial charge in [0.1, 0.15) is 6.54 Å². The average molecular weight is 399 g/mol. The number of sulfonamides is 1. The quantitative estimate of drug-likeness (QED) is 0.793. The van der Waals surface area contributed by atoms with Crippen molar-refractivity contribution in [3.8, 4) is 0 Å². The molecule has 0 N–H and O–H groups in total. The molecule has 1 amide bonds. The number of hydrogen-bond acceptors (Lipinski definition) is 3. The second-order valence-corrected chi connectivity index (χ2v) is 8.54. The van der Waals surface area contributed by atoms with Gasteiger partial charge >= 0.3 is 0 Å². The van der Waals surface area contributed by atoms with E-state index in [-0.39, 0.29) is 23.2 Å². The lowest BCUT2D eigenvalue weighted by Crippen LogP contribution is -2.42. The number of halogens is 2. The zero-order valence-electron chi connectivity index (χ0n) is 13.4. The summed E-state index contributed by atoms with van der Waals surface area (Å²) in [6.07, 6.45) is 1.80. The Kier molecular flexibility index (Phi) is 4.95. The maximum Gasteiger partial charge on any atom is 0.247 e. The second-order valence-electron chi connectivity index (χ2n) is 5.79. The second kappa shape index (κ2) is 6.86. The van der Waals surface area contributed by atoms with Crippen molar-refractivity contribution in [2.45, 2.75) is 6.42 Å². The molecule has 0 spiro atoms. The number of para-hydroxylation sites is 1. The Labute approximate surface area is 156 Å². The van der Waals surface area contributed by atoms with Gasteiger partial charge in [0.15, 0.2) is 0 Å². The van der Waals surface area contributed by atoms with E-state index in [2.05, 4.69) is 0 Å². The van der Waals surface area contributed by atoms with Crippen molar-refractivity contribution in [3.63, 3.8) is 0 Å². The number of carbonyl (C=O) groups excluding carboxylic acids is 1. The van der Waals surface area contributed by atoms with Gasteiger partial charge in [-0.25, -0.2) is 8.42 Å². The van der Waals surface area contributed by atoms with Gasteiger partial charge in [0.2, 0.25) is 15.9 Å². The lowest BCUT2D eigenvalue weighted by atomic mass is 10.2. The number of rotatable bonds is 4. The van der Waals surface area contributed by atoms with Crippen molar-refractivity contribution in [2.24, 2.45) is 0 Å². The predicted molar refractivity (Wildman–Crippen MR) is 101 cm³/mol. The standard InChI is InChI=1S/C17H16Cl2N2O3S/c1-25(23,24)21(16-7-6-13(18)10-14(16)19)11-17(22)20-9-8-12-4-2-3-5-15(12)20/h2-7,10H,8-9,11H2,1H3. The molecular weight excluding hydrogens is 383 g/mol. The number of nitrogens with zero attached hydrogens (tertiary/aromatic N) is 2. The molecule has 2 aromatic carbocycles. The predicted octanol–water partition coefficient (Wildman–Crippen LogP) is 3.35. The van der Waals surface area contributed by atoms with E-state index in [1.54, 1.807) is 4.90 Å². The van der Waals surface area contributed by atoms with E-state index >= 15 is 0 Å². The molecule has 0 radical (unpaired) electrons. The van der Waals surface area contributed by atoms with Crippen LogP contribution >= 0.6 is 23.2 Å². The van der Waals surface area contributed by atoms with Crippen LogP contribution in [0.1, 0.15) is 5.56 Å². The van der Waals surface area contributed by atoms with Crippen LogP contribution in [0.2, 0.25) is 10.0 Å². The van der Waals surface area contributed by atoms with Gasteiger partial charge in [-0.2, -0.15) is 0 Å². The Morgan fingerprint density at radius 1 is 1.20 bits per heavy atom. The van der Waals surface area contributed by atoms with Crippen LogP contribution in [0, 0.1) is 0 Å². The zero-order valence-corrected chi connectivity index (χ0v) is 15.8. The van der Waals surface area contributed by atoms with Crippen LogP contribution in [0.25, 0.3) is 0 Å². The van der Waals surface area contributed by atoms with Gasteiger partial charge in [0.05, 0.1) is 17.0 Å². The summed E-state index contributed by atoms with van der Waals surface area (Å²) >= 11 is 12.0. The van der Waals surface area contributed by atoms with Gasteiger partial charge < -0.3 is 4.90 Å². The molecule has 1 aliphatic heterocycles. The van der Waals surface area contributed by atoms with Crippen molar-refractivity contribution >= 4 is 50.5 Å². The molecule has 5 nitrogen and oxygen atoms in total. The lowest BCUT2D eigenvalue weighted by Gasteiger charge is -2.26. The van der Waals surface area contributed by atoms with E-state index in [0.717, 1.165) is 28.2 Å². The third-order valence-electron chi connectivity index (χ3n) is 4.05. The first-order valence-corrected chi connectivity index (χ1v) is 10.2. The molecule has 132 valence electrons. The number of anilines is 2. The van der Waals surface area contributed by atoms with Gasteiger partial charge in [-0.3, -0.25) is 9.10 Å². The fourth-order valence-electron chi connectivity index (χ4n) is 2.87. The Morgan fingerprint density at radius 3 is 2.60 bits per heavy atom. The summed E-state index contributed by atoms with van der Waals surface area (Å²) in [5.74, 6) is -0.304. The first-order chi connectivity index (χ1) is 11.8. The monoisotopic (exact) mass is 398 g/mol. The van der Waals surface area contributed by atoms with Gasteiger partial charge in [0.25, 0.3) is 0 Å². The minimum atomic E-state index is -3.70. The van der Waals surface area contributed by atoms with E-state index in [1.807, 2.05) is 24.3 Å². The van der Waals surface area contributed by atoms with E-state index < -0.39 is 10.0 Å². The summed E-state index contributed by atoms with van der Waals surface area (Å²) in [7, 11) is -3.70. The average Bonchev–Trinajstić information content (AvgIpc) is 2.96. The van der Waals surface area contributed by atoms with E-state index in [9.17, 15) is 13.2 Å². The maximum atomic E-state index is 12.8. The number of fused-ring (bicyclic) bond motifs is 1. The molecule has 1 aliphatic rings. The Balaban J connectivity index is 1.91. The summed E-state index contributed by atoms with van der Waals surface area (Å²) in [6, 6.07) is 12.1. The van der Waals surface area contributed by atoms with Crippen LogP contribution in [0.5, 0.6) is 0 Å². The minimum absolute atomic E-state index is 0.174. The van der Waals surface area contributed by atoms with E-state index in [0.29, 0.717) is 11.6 Å². The fourth-order valence-corrected chi connectivity index (χ4v) is 4.29. The van der Waals surface area contributed by atoms with Crippen molar-refractivity contribution in [1.82, 2.24) is 0 Å². The summed E-state index contributed by atoms with van der Waals surface area (Å²) in [6.45, 7) is 0.207. The number of carbonyl (C=O) groups is 1. The summed E-state index contributed by atoms with van der Waals surface area (Å²) in [5, 5.41) is 0.564. The molecule has 0 fully saturated rings. The fraction of sp³-hybridized carbons (Fsp3) is 0.235. The highest BCUT2D eigenvalue weighted by Crippen LogP contribution is 2.32. The topological polar surface area (TPSA) is 57.7 Å². The molecular formula is C17H16Cl2N2O3S. The van der Waals surface area contributed by atoms with Crippen molar-refractivity contribution < 1.29 is 13.2 Å². The van der Waals surface area contributed by atoms with Gasteiger partial charge in [0, 0.05) is 17.3 Å². The molecule has 0 saturated heterocycles. The highest BCUT2D eigenvalue weighted by atomic mass is 35.5. The SMILES string of the molecule is CS(=O)(=O)N(CC(=O)N1CCc2ccccc21)c1ccc(Cl)cc1Cl. The molecule has 0 unspecified atom stereocenters. The third-order valence-corrected chi connectivity index (χ3v) is 5.71. The Morgan fingerprint density at radius 2 is 1.92 bits per heavy atom. The molecule has 8 heteroatoms. The van der Waals surface area contributed by atoms with Crippen LogP contribution in [0.3, 0.4) is 0 Å². The van der Waals surface area contributed by atoms with E-state index in [4.69, 9.17) is 23.2 Å². The number of amides is 1. The largest absolute Gasteiger partial charge is 0.310 e. The first-order valence-electron chi connectivity index (χ1n) is 7.58. The molecule has 2 aromatic rings. The van der Waals surface area contributed by atoms with Crippen molar-refractivity contribution in [2.75, 3.05) is 28.6 Å². The molecule has 0 aromatic heterocycles. The third kappa shape index (κ3) is 3.76. The zero-order chi connectivity index (χ0) is 18.2. The highest BCUT2D eigenvalue weighted by molar-refractivity contribution is 7.92. The Bertz CT molecular complexity index is 931. The summed E-state index contributed by atoms with van der Waals surface area (Å²) < 4.78 is 25.5. The van der Waals surface area contributed by atoms with Crippen LogP contribution in [-0.4, -0.2) is 33.7 Å². The first kappa shape index (κ1) is 18.0. The van der Waals surface area contributed by atoms with Crippen LogP contribution in [0.15, 0.2) is 42.5 Å². The molecule has 25 heavy (non-hydrogen) atoms. The summed E-state index contributed by atoms with van der Waals surface area (Å²) in [4.78, 5) is 14.4. The molecule has 3 rings (SSSR count). The van der Waals surface area contributed by atoms with Crippen molar-refractivity contribution in [1.29, 1.82) is 0 Å². The normalized spacial score (nSPS) is 13.6. The van der Waals surface area contributed by atoms with Gasteiger partial charge in [-0.1, -0.05) is 41.4 Å².